The Morgan fingerprint density at radius 1 is 1.37 bits per heavy atom. The van der Waals surface area contributed by atoms with Crippen molar-refractivity contribution in [2.45, 2.75) is 24.8 Å². The van der Waals surface area contributed by atoms with Gasteiger partial charge < -0.3 is 10.6 Å². The Hall–Kier alpha value is -3.23. The third-order valence-corrected chi connectivity index (χ3v) is 5.03. The quantitative estimate of drug-likeness (QED) is 0.319. The molecule has 1 saturated heterocycles. The normalized spacial score (nSPS) is 22.1. The molecular weight excluding hydrogens is 348 g/mol. The van der Waals surface area contributed by atoms with Gasteiger partial charge >= 0.3 is 6.03 Å². The zero-order valence-corrected chi connectivity index (χ0v) is 15.0. The van der Waals surface area contributed by atoms with Gasteiger partial charge in [-0.1, -0.05) is 24.6 Å². The number of nitrogens with one attached hydrogen (secondary N) is 4. The molecule has 0 radical (unpaired) electrons. The fraction of sp³-hybridized carbons (Fsp3) is 0.389. The molecule has 1 heterocycles. The Labute approximate surface area is 156 Å². The third kappa shape index (κ3) is 3.81. The summed E-state index contributed by atoms with van der Waals surface area (Å²) in [7, 11) is 1.71. The maximum atomic E-state index is 12.3. The van der Waals surface area contributed by atoms with Crippen LogP contribution in [0.25, 0.3) is 0 Å². The second-order valence-corrected chi connectivity index (χ2v) is 6.71. The van der Waals surface area contributed by atoms with Crippen molar-refractivity contribution in [1.82, 2.24) is 16.0 Å². The fourth-order valence-corrected chi connectivity index (χ4v) is 3.19. The second-order valence-electron chi connectivity index (χ2n) is 6.71. The van der Waals surface area contributed by atoms with Crippen molar-refractivity contribution in [3.05, 3.63) is 30.3 Å². The van der Waals surface area contributed by atoms with Crippen molar-refractivity contribution in [2.75, 3.05) is 18.6 Å². The minimum Gasteiger partial charge on any atom is -0.348 e. The summed E-state index contributed by atoms with van der Waals surface area (Å²) in [6.45, 7) is -0.0567. The third-order valence-electron chi connectivity index (χ3n) is 5.03. The molecule has 1 aromatic rings. The lowest BCUT2D eigenvalue weighted by atomic mass is 9.70. The van der Waals surface area contributed by atoms with Gasteiger partial charge in [-0.15, -0.1) is 0 Å². The molecule has 1 aliphatic carbocycles. The molecule has 0 bridgehead atoms. The van der Waals surface area contributed by atoms with E-state index in [1.807, 2.05) is 30.3 Å². The molecule has 2 fully saturated rings. The van der Waals surface area contributed by atoms with Crippen LogP contribution >= 0.6 is 0 Å². The summed E-state index contributed by atoms with van der Waals surface area (Å²) in [5.41, 5.74) is -0.661. The van der Waals surface area contributed by atoms with Crippen molar-refractivity contribution < 1.29 is 14.4 Å². The van der Waals surface area contributed by atoms with Gasteiger partial charge in [0.05, 0.1) is 18.4 Å². The number of imide groups is 1. The highest BCUT2D eigenvalue weighted by Gasteiger charge is 2.53. The first-order chi connectivity index (χ1) is 12.9. The molecule has 1 aromatic carbocycles. The van der Waals surface area contributed by atoms with Crippen LogP contribution in [0.5, 0.6) is 0 Å². The summed E-state index contributed by atoms with van der Waals surface area (Å²) in [5.74, 6) is -1.11. The average molecular weight is 370 g/mol. The van der Waals surface area contributed by atoms with Gasteiger partial charge in [0.1, 0.15) is 11.3 Å². The number of hydrazone groups is 1. The molecule has 1 atom stereocenters. The van der Waals surface area contributed by atoms with E-state index >= 15 is 0 Å². The van der Waals surface area contributed by atoms with Gasteiger partial charge in [-0.25, -0.2) is 4.79 Å². The van der Waals surface area contributed by atoms with Crippen LogP contribution in [0.15, 0.2) is 35.4 Å². The van der Waals surface area contributed by atoms with Gasteiger partial charge in [0, 0.05) is 7.05 Å². The van der Waals surface area contributed by atoms with Crippen molar-refractivity contribution in [3.63, 3.8) is 0 Å². The maximum absolute atomic E-state index is 12.3. The standard InChI is InChI=1S/C18H22N6O3/c1-24(13-8-3-2-4-9-13)21-10-14(19)15(25)20-11-18(12-6-5-7-12)16(26)22-17(27)23-18/h2-4,8-10,12,19H,5-7,11H2,1H3,(H,20,25)(H2,22,23,26,27)/b19-14?,21-10-. The van der Waals surface area contributed by atoms with E-state index in [0.29, 0.717) is 0 Å². The molecule has 1 aliphatic heterocycles. The van der Waals surface area contributed by atoms with E-state index < -0.39 is 23.4 Å². The lowest BCUT2D eigenvalue weighted by Crippen LogP contribution is -2.62. The molecule has 142 valence electrons. The highest BCUT2D eigenvalue weighted by Crippen LogP contribution is 2.37. The Morgan fingerprint density at radius 3 is 2.63 bits per heavy atom. The van der Waals surface area contributed by atoms with Crippen molar-refractivity contribution in [2.24, 2.45) is 11.0 Å². The molecular formula is C18H22N6O3. The number of hydrogen-bond acceptors (Lipinski definition) is 6. The van der Waals surface area contributed by atoms with E-state index in [1.54, 1.807) is 12.1 Å². The van der Waals surface area contributed by atoms with Gasteiger partial charge in [-0.3, -0.25) is 25.3 Å². The van der Waals surface area contributed by atoms with E-state index in [4.69, 9.17) is 5.41 Å². The monoisotopic (exact) mass is 370 g/mol. The molecule has 3 rings (SSSR count). The lowest BCUT2D eigenvalue weighted by molar-refractivity contribution is -0.127. The summed E-state index contributed by atoms with van der Waals surface area (Å²) in [6, 6.07) is 8.75. The number of para-hydroxylation sites is 1. The molecule has 0 aromatic heterocycles. The van der Waals surface area contributed by atoms with Gasteiger partial charge in [-0.05, 0) is 30.9 Å². The smallest absolute Gasteiger partial charge is 0.322 e. The van der Waals surface area contributed by atoms with Gasteiger partial charge in [0.2, 0.25) is 0 Å². The number of amides is 4. The molecule has 4 amide bonds. The van der Waals surface area contributed by atoms with Gasteiger partial charge in [0.25, 0.3) is 11.8 Å². The first-order valence-corrected chi connectivity index (χ1v) is 8.75. The predicted octanol–water partition coefficient (Wildman–Crippen LogP) is 0.623. The zero-order valence-electron chi connectivity index (χ0n) is 15.0. The van der Waals surface area contributed by atoms with Gasteiger partial charge in [-0.2, -0.15) is 5.10 Å². The fourth-order valence-electron chi connectivity index (χ4n) is 3.19. The summed E-state index contributed by atoms with van der Waals surface area (Å²) in [5, 5.41) is 21.0. The number of rotatable bonds is 7. The second kappa shape index (κ2) is 7.56. The lowest BCUT2D eigenvalue weighted by Gasteiger charge is -2.40. The van der Waals surface area contributed by atoms with E-state index in [9.17, 15) is 14.4 Å². The zero-order chi connectivity index (χ0) is 19.4. The molecule has 9 heteroatoms. The van der Waals surface area contributed by atoms with Gasteiger partial charge in [0.15, 0.2) is 0 Å². The number of benzene rings is 1. The molecule has 2 aliphatic rings. The Balaban J connectivity index is 1.59. The van der Waals surface area contributed by atoms with Crippen LogP contribution in [0.3, 0.4) is 0 Å². The first-order valence-electron chi connectivity index (χ1n) is 8.75. The number of nitrogens with zero attached hydrogens (tertiary/aromatic N) is 2. The summed E-state index contributed by atoms with van der Waals surface area (Å²) < 4.78 is 0. The highest BCUT2D eigenvalue weighted by atomic mass is 16.2. The molecule has 9 nitrogen and oxygen atoms in total. The van der Waals surface area contributed by atoms with E-state index in [0.717, 1.165) is 31.2 Å². The molecule has 27 heavy (non-hydrogen) atoms. The number of carbonyl (C=O) groups is 3. The summed E-state index contributed by atoms with van der Waals surface area (Å²) in [4.78, 5) is 36.1. The van der Waals surface area contributed by atoms with Crippen molar-refractivity contribution in [3.8, 4) is 0 Å². The largest absolute Gasteiger partial charge is 0.348 e. The van der Waals surface area contributed by atoms with Crippen LogP contribution in [0.1, 0.15) is 19.3 Å². The minimum absolute atomic E-state index is 0.0173. The molecule has 0 spiro atoms. The molecule has 1 saturated carbocycles. The first kappa shape index (κ1) is 18.6. The SMILES string of the molecule is CN(/N=C\C(=N)C(=O)NCC1(C2CCC2)NC(=O)NC1=O)c1ccccc1. The minimum atomic E-state index is -1.14. The number of hydrogen-bond donors (Lipinski definition) is 4. The predicted molar refractivity (Wildman–Crippen MR) is 101 cm³/mol. The van der Waals surface area contributed by atoms with Crippen LogP contribution < -0.4 is 21.0 Å². The van der Waals surface area contributed by atoms with Crippen LogP contribution in [0.2, 0.25) is 0 Å². The number of carbonyl (C=O) groups excluding carboxylic acids is 3. The summed E-state index contributed by atoms with van der Waals surface area (Å²) >= 11 is 0. The highest BCUT2D eigenvalue weighted by molar-refractivity contribution is 6.59. The van der Waals surface area contributed by atoms with E-state index in [2.05, 4.69) is 21.1 Å². The topological polar surface area (TPSA) is 127 Å². The Kier molecular flexibility index (Phi) is 5.20. The number of anilines is 1. The van der Waals surface area contributed by atoms with Crippen LogP contribution in [-0.4, -0.2) is 48.9 Å². The Bertz CT molecular complexity index is 790. The van der Waals surface area contributed by atoms with Crippen LogP contribution in [-0.2, 0) is 9.59 Å². The van der Waals surface area contributed by atoms with Crippen LogP contribution in [0.4, 0.5) is 10.5 Å². The van der Waals surface area contributed by atoms with Crippen LogP contribution in [0, 0.1) is 11.3 Å². The van der Waals surface area contributed by atoms with Crippen molar-refractivity contribution in [1.29, 1.82) is 5.41 Å². The maximum Gasteiger partial charge on any atom is 0.322 e. The molecule has 4 N–H and O–H groups in total. The Morgan fingerprint density at radius 2 is 2.07 bits per heavy atom. The molecule has 1 unspecified atom stereocenters. The van der Waals surface area contributed by atoms with Crippen molar-refractivity contribution >= 4 is 35.5 Å². The summed E-state index contributed by atoms with van der Waals surface area (Å²) in [6.07, 6.45) is 3.75. The van der Waals surface area contributed by atoms with E-state index in [1.165, 1.54) is 0 Å². The average Bonchev–Trinajstić information content (AvgIpc) is 2.90. The number of urea groups is 1. The van der Waals surface area contributed by atoms with E-state index in [-0.39, 0.29) is 18.2 Å².